The first kappa shape index (κ1) is 12.0. The first-order valence-corrected chi connectivity index (χ1v) is 6.29. The molecule has 0 aromatic heterocycles. The van der Waals surface area contributed by atoms with E-state index in [0.717, 1.165) is 5.92 Å². The highest BCUT2D eigenvalue weighted by atomic mass is 15.1. The summed E-state index contributed by atoms with van der Waals surface area (Å²) in [4.78, 5) is 2.64. The van der Waals surface area contributed by atoms with Gasteiger partial charge in [-0.2, -0.15) is 0 Å². The third kappa shape index (κ3) is 4.43. The van der Waals surface area contributed by atoms with E-state index in [-0.39, 0.29) is 0 Å². The Morgan fingerprint density at radius 2 is 1.93 bits per heavy atom. The lowest BCUT2D eigenvalue weighted by molar-refractivity contribution is 0.208. The minimum absolute atomic E-state index is 0.904. The maximum atomic E-state index is 3.50. The zero-order chi connectivity index (χ0) is 10.2. The summed E-state index contributed by atoms with van der Waals surface area (Å²) < 4.78 is 0. The van der Waals surface area contributed by atoms with E-state index in [1.165, 1.54) is 58.4 Å². The Labute approximate surface area is 89.1 Å². The lowest BCUT2D eigenvalue weighted by Gasteiger charge is -2.29. The number of nitrogens with one attached hydrogen (secondary N) is 1. The third-order valence-electron chi connectivity index (χ3n) is 3.00. The van der Waals surface area contributed by atoms with Gasteiger partial charge in [0.05, 0.1) is 0 Å². The molecular weight excluding hydrogens is 172 g/mol. The predicted molar refractivity (Wildman–Crippen MR) is 62.6 cm³/mol. The fourth-order valence-electron chi connectivity index (χ4n) is 2.37. The van der Waals surface area contributed by atoms with Crippen molar-refractivity contribution in [2.24, 2.45) is 5.92 Å². The highest BCUT2D eigenvalue weighted by Gasteiger charge is 2.15. The topological polar surface area (TPSA) is 15.3 Å². The first-order chi connectivity index (χ1) is 6.86. The largest absolute Gasteiger partial charge is 0.316 e. The second-order valence-electron chi connectivity index (χ2n) is 4.51. The van der Waals surface area contributed by atoms with Crippen molar-refractivity contribution in [1.29, 1.82) is 0 Å². The summed E-state index contributed by atoms with van der Waals surface area (Å²) in [5, 5.41) is 3.50. The SMILES string of the molecule is CCCN(CCC)CC1CCCNC1. The number of nitrogens with zero attached hydrogens (tertiary/aromatic N) is 1. The van der Waals surface area contributed by atoms with Crippen molar-refractivity contribution >= 4 is 0 Å². The van der Waals surface area contributed by atoms with Gasteiger partial charge in [-0.05, 0) is 57.8 Å². The van der Waals surface area contributed by atoms with Crippen molar-refractivity contribution < 1.29 is 0 Å². The van der Waals surface area contributed by atoms with Gasteiger partial charge in [-0.1, -0.05) is 13.8 Å². The molecule has 1 heterocycles. The molecule has 1 N–H and O–H groups in total. The average Bonchev–Trinajstić information content (AvgIpc) is 2.20. The van der Waals surface area contributed by atoms with Gasteiger partial charge in [-0.25, -0.2) is 0 Å². The summed E-state index contributed by atoms with van der Waals surface area (Å²) in [6.07, 6.45) is 5.38. The number of hydrogen-bond acceptors (Lipinski definition) is 2. The quantitative estimate of drug-likeness (QED) is 0.703. The van der Waals surface area contributed by atoms with E-state index in [1.54, 1.807) is 0 Å². The van der Waals surface area contributed by atoms with E-state index >= 15 is 0 Å². The second-order valence-corrected chi connectivity index (χ2v) is 4.51. The standard InChI is InChI=1S/C12H26N2/c1-3-8-14(9-4-2)11-12-6-5-7-13-10-12/h12-13H,3-11H2,1-2H3. The molecule has 0 spiro atoms. The Hall–Kier alpha value is -0.0800. The van der Waals surface area contributed by atoms with E-state index in [4.69, 9.17) is 0 Å². The molecule has 1 unspecified atom stereocenters. The first-order valence-electron chi connectivity index (χ1n) is 6.29. The monoisotopic (exact) mass is 198 g/mol. The maximum absolute atomic E-state index is 3.50. The molecule has 2 nitrogen and oxygen atoms in total. The van der Waals surface area contributed by atoms with Crippen molar-refractivity contribution in [2.45, 2.75) is 39.5 Å². The molecule has 1 aliphatic heterocycles. The maximum Gasteiger partial charge on any atom is 0.00218 e. The van der Waals surface area contributed by atoms with Gasteiger partial charge in [-0.15, -0.1) is 0 Å². The normalized spacial score (nSPS) is 22.9. The summed E-state index contributed by atoms with van der Waals surface area (Å²) in [6.45, 7) is 10.9. The van der Waals surface area contributed by atoms with Crippen molar-refractivity contribution in [3.05, 3.63) is 0 Å². The lowest BCUT2D eigenvalue weighted by atomic mass is 9.99. The Kier molecular flexibility index (Phi) is 6.20. The summed E-state index contributed by atoms with van der Waals surface area (Å²) in [7, 11) is 0. The smallest absolute Gasteiger partial charge is 0.00218 e. The van der Waals surface area contributed by atoms with Gasteiger partial charge >= 0.3 is 0 Å². The second kappa shape index (κ2) is 7.24. The van der Waals surface area contributed by atoms with E-state index in [9.17, 15) is 0 Å². The minimum Gasteiger partial charge on any atom is -0.316 e. The van der Waals surface area contributed by atoms with E-state index < -0.39 is 0 Å². The summed E-state index contributed by atoms with van der Waals surface area (Å²) in [5.74, 6) is 0.904. The van der Waals surface area contributed by atoms with Crippen LogP contribution in [0, 0.1) is 5.92 Å². The average molecular weight is 198 g/mol. The Morgan fingerprint density at radius 3 is 2.43 bits per heavy atom. The fourth-order valence-corrected chi connectivity index (χ4v) is 2.37. The van der Waals surface area contributed by atoms with Crippen LogP contribution in [0.15, 0.2) is 0 Å². The predicted octanol–water partition coefficient (Wildman–Crippen LogP) is 2.11. The van der Waals surface area contributed by atoms with Gasteiger partial charge in [0.15, 0.2) is 0 Å². The molecule has 1 fully saturated rings. The van der Waals surface area contributed by atoms with Gasteiger partial charge in [-0.3, -0.25) is 0 Å². The van der Waals surface area contributed by atoms with Crippen molar-refractivity contribution in [3.8, 4) is 0 Å². The summed E-state index contributed by atoms with van der Waals surface area (Å²) in [6, 6.07) is 0. The Balaban J connectivity index is 2.21. The van der Waals surface area contributed by atoms with Crippen LogP contribution in [0.1, 0.15) is 39.5 Å². The molecule has 0 saturated carbocycles. The molecule has 14 heavy (non-hydrogen) atoms. The van der Waals surface area contributed by atoms with Crippen LogP contribution in [0.5, 0.6) is 0 Å². The van der Waals surface area contributed by atoms with Gasteiger partial charge < -0.3 is 10.2 Å². The van der Waals surface area contributed by atoms with Crippen LogP contribution >= 0.6 is 0 Å². The molecule has 1 saturated heterocycles. The van der Waals surface area contributed by atoms with Crippen LogP contribution in [-0.2, 0) is 0 Å². The van der Waals surface area contributed by atoms with Crippen LogP contribution in [-0.4, -0.2) is 37.6 Å². The van der Waals surface area contributed by atoms with Crippen molar-refractivity contribution in [2.75, 3.05) is 32.7 Å². The molecule has 0 aromatic rings. The van der Waals surface area contributed by atoms with Crippen LogP contribution in [0.25, 0.3) is 0 Å². The van der Waals surface area contributed by atoms with Crippen molar-refractivity contribution in [1.82, 2.24) is 10.2 Å². The molecule has 0 amide bonds. The van der Waals surface area contributed by atoms with Crippen LogP contribution < -0.4 is 5.32 Å². The number of rotatable bonds is 6. The van der Waals surface area contributed by atoms with Crippen LogP contribution in [0.2, 0.25) is 0 Å². The molecular formula is C12H26N2. The fraction of sp³-hybridized carbons (Fsp3) is 1.00. The third-order valence-corrected chi connectivity index (χ3v) is 3.00. The van der Waals surface area contributed by atoms with Gasteiger partial charge in [0.25, 0.3) is 0 Å². The van der Waals surface area contributed by atoms with Gasteiger partial charge in [0, 0.05) is 6.54 Å². The highest BCUT2D eigenvalue weighted by Crippen LogP contribution is 2.12. The highest BCUT2D eigenvalue weighted by molar-refractivity contribution is 4.72. The summed E-state index contributed by atoms with van der Waals surface area (Å²) in [5.41, 5.74) is 0. The molecule has 0 bridgehead atoms. The van der Waals surface area contributed by atoms with Gasteiger partial charge in [0.1, 0.15) is 0 Å². The Bertz CT molecular complexity index is 124. The number of hydrogen-bond donors (Lipinski definition) is 1. The molecule has 1 atom stereocenters. The molecule has 84 valence electrons. The van der Waals surface area contributed by atoms with E-state index in [1.807, 2.05) is 0 Å². The summed E-state index contributed by atoms with van der Waals surface area (Å²) >= 11 is 0. The molecule has 1 rings (SSSR count). The van der Waals surface area contributed by atoms with E-state index in [2.05, 4.69) is 24.1 Å². The Morgan fingerprint density at radius 1 is 1.21 bits per heavy atom. The van der Waals surface area contributed by atoms with E-state index in [0.29, 0.717) is 0 Å². The molecule has 2 heteroatoms. The molecule has 1 aliphatic rings. The lowest BCUT2D eigenvalue weighted by Crippen LogP contribution is -2.38. The molecule has 0 aliphatic carbocycles. The molecule has 0 radical (unpaired) electrons. The minimum atomic E-state index is 0.904. The molecule has 0 aromatic carbocycles. The van der Waals surface area contributed by atoms with Crippen LogP contribution in [0.4, 0.5) is 0 Å². The zero-order valence-electron chi connectivity index (χ0n) is 9.89. The number of piperidine rings is 1. The zero-order valence-corrected chi connectivity index (χ0v) is 9.89. The van der Waals surface area contributed by atoms with Gasteiger partial charge in [0.2, 0.25) is 0 Å². The van der Waals surface area contributed by atoms with Crippen LogP contribution in [0.3, 0.4) is 0 Å². The van der Waals surface area contributed by atoms with Crippen molar-refractivity contribution in [3.63, 3.8) is 0 Å².